The molecule has 0 amide bonds. The largest absolute Gasteiger partial charge is 0.480 e. The topological polar surface area (TPSA) is 55.1 Å². The number of aliphatic carboxylic acids is 1. The second-order valence-electron chi connectivity index (χ2n) is 4.29. The zero-order valence-corrected chi connectivity index (χ0v) is 9.16. The lowest BCUT2D eigenvalue weighted by molar-refractivity contribution is -0.137. The maximum Gasteiger partial charge on any atom is 0.325 e. The SMILES string of the molecule is Cc1nn(CC(=O)O)c2c1CCCC2C. The summed E-state index contributed by atoms with van der Waals surface area (Å²) in [5.74, 6) is -0.382. The lowest BCUT2D eigenvalue weighted by Crippen LogP contribution is -2.17. The van der Waals surface area contributed by atoms with E-state index in [-0.39, 0.29) is 6.54 Å². The Balaban J connectivity index is 2.43. The zero-order chi connectivity index (χ0) is 11.0. The summed E-state index contributed by atoms with van der Waals surface area (Å²) >= 11 is 0. The van der Waals surface area contributed by atoms with Crippen molar-refractivity contribution in [2.75, 3.05) is 0 Å². The van der Waals surface area contributed by atoms with Gasteiger partial charge >= 0.3 is 5.97 Å². The molecule has 4 nitrogen and oxygen atoms in total. The van der Waals surface area contributed by atoms with Crippen LogP contribution in [0, 0.1) is 6.92 Å². The highest BCUT2D eigenvalue weighted by atomic mass is 16.4. The van der Waals surface area contributed by atoms with Crippen LogP contribution in [-0.4, -0.2) is 20.9 Å². The first-order valence-electron chi connectivity index (χ1n) is 5.37. The van der Waals surface area contributed by atoms with Gasteiger partial charge in [-0.3, -0.25) is 9.48 Å². The van der Waals surface area contributed by atoms with Gasteiger partial charge in [0.25, 0.3) is 0 Å². The van der Waals surface area contributed by atoms with Crippen molar-refractivity contribution >= 4 is 5.97 Å². The Labute approximate surface area is 88.9 Å². The summed E-state index contributed by atoms with van der Waals surface area (Å²) < 4.78 is 1.66. The highest BCUT2D eigenvalue weighted by Gasteiger charge is 2.24. The van der Waals surface area contributed by atoms with E-state index in [1.807, 2.05) is 6.92 Å². The summed E-state index contributed by atoms with van der Waals surface area (Å²) in [7, 11) is 0. The Hall–Kier alpha value is -1.32. The summed E-state index contributed by atoms with van der Waals surface area (Å²) in [6, 6.07) is 0. The Morgan fingerprint density at radius 1 is 1.67 bits per heavy atom. The van der Waals surface area contributed by atoms with Gasteiger partial charge in [0.2, 0.25) is 0 Å². The van der Waals surface area contributed by atoms with Crippen LogP contribution < -0.4 is 0 Å². The minimum Gasteiger partial charge on any atom is -0.480 e. The molecule has 0 bridgehead atoms. The van der Waals surface area contributed by atoms with E-state index in [2.05, 4.69) is 12.0 Å². The minimum atomic E-state index is -0.821. The molecule has 1 atom stereocenters. The number of aromatic nitrogens is 2. The third-order valence-corrected chi connectivity index (χ3v) is 3.11. The number of hydrogen-bond donors (Lipinski definition) is 1. The Morgan fingerprint density at radius 2 is 2.40 bits per heavy atom. The van der Waals surface area contributed by atoms with Crippen LogP contribution in [0.25, 0.3) is 0 Å². The van der Waals surface area contributed by atoms with Crippen LogP contribution in [0.3, 0.4) is 0 Å². The normalized spacial score (nSPS) is 20.0. The van der Waals surface area contributed by atoms with Crippen LogP contribution in [0.4, 0.5) is 0 Å². The third-order valence-electron chi connectivity index (χ3n) is 3.11. The molecule has 1 aromatic heterocycles. The fraction of sp³-hybridized carbons (Fsp3) is 0.636. The molecule has 0 saturated heterocycles. The number of nitrogens with zero attached hydrogens (tertiary/aromatic N) is 2. The van der Waals surface area contributed by atoms with E-state index in [0.717, 1.165) is 24.2 Å². The smallest absolute Gasteiger partial charge is 0.325 e. The van der Waals surface area contributed by atoms with Gasteiger partial charge in [0.1, 0.15) is 6.54 Å². The predicted molar refractivity (Wildman–Crippen MR) is 56.0 cm³/mol. The summed E-state index contributed by atoms with van der Waals surface area (Å²) in [5.41, 5.74) is 3.41. The Morgan fingerprint density at radius 3 is 3.07 bits per heavy atom. The van der Waals surface area contributed by atoms with Gasteiger partial charge in [-0.1, -0.05) is 6.92 Å². The van der Waals surface area contributed by atoms with Crippen molar-refractivity contribution in [3.8, 4) is 0 Å². The number of carboxylic acid groups (broad SMARTS) is 1. The molecule has 2 rings (SSSR count). The average molecular weight is 208 g/mol. The molecule has 0 aromatic carbocycles. The average Bonchev–Trinajstić information content (AvgIpc) is 2.44. The quantitative estimate of drug-likeness (QED) is 0.805. The molecule has 1 aliphatic carbocycles. The molecular weight excluding hydrogens is 192 g/mol. The van der Waals surface area contributed by atoms with Gasteiger partial charge in [0, 0.05) is 5.69 Å². The van der Waals surface area contributed by atoms with Crippen molar-refractivity contribution in [2.45, 2.75) is 45.6 Å². The summed E-state index contributed by atoms with van der Waals surface area (Å²) in [6.45, 7) is 4.10. The van der Waals surface area contributed by atoms with E-state index in [1.165, 1.54) is 12.0 Å². The number of carboxylic acids is 1. The molecule has 0 saturated carbocycles. The maximum atomic E-state index is 10.7. The lowest BCUT2D eigenvalue weighted by Gasteiger charge is -2.20. The molecule has 0 spiro atoms. The highest BCUT2D eigenvalue weighted by molar-refractivity contribution is 5.66. The zero-order valence-electron chi connectivity index (χ0n) is 9.16. The van der Waals surface area contributed by atoms with Crippen molar-refractivity contribution in [3.63, 3.8) is 0 Å². The molecule has 0 fully saturated rings. The number of hydrogen-bond acceptors (Lipinski definition) is 2. The van der Waals surface area contributed by atoms with Gasteiger partial charge in [0.15, 0.2) is 0 Å². The van der Waals surface area contributed by atoms with Crippen molar-refractivity contribution in [3.05, 3.63) is 17.0 Å². The first kappa shape index (κ1) is 10.2. The minimum absolute atomic E-state index is 0.0134. The first-order chi connectivity index (χ1) is 7.09. The number of rotatable bonds is 2. The van der Waals surface area contributed by atoms with Gasteiger partial charge in [0.05, 0.1) is 5.69 Å². The standard InChI is InChI=1S/C11H16N2O2/c1-7-4-3-5-9-8(2)12-13(11(7)9)6-10(14)15/h7H,3-6H2,1-2H3,(H,14,15). The van der Waals surface area contributed by atoms with Crippen LogP contribution in [0.15, 0.2) is 0 Å². The van der Waals surface area contributed by atoms with E-state index in [4.69, 9.17) is 5.11 Å². The second kappa shape index (κ2) is 3.68. The molecule has 15 heavy (non-hydrogen) atoms. The highest BCUT2D eigenvalue weighted by Crippen LogP contribution is 2.32. The van der Waals surface area contributed by atoms with Crippen LogP contribution in [0.2, 0.25) is 0 Å². The summed E-state index contributed by atoms with van der Waals surface area (Å²) in [6.07, 6.45) is 3.37. The fourth-order valence-electron chi connectivity index (χ4n) is 2.47. The maximum absolute atomic E-state index is 10.7. The molecule has 0 aliphatic heterocycles. The van der Waals surface area contributed by atoms with Gasteiger partial charge in [-0.15, -0.1) is 0 Å². The summed E-state index contributed by atoms with van der Waals surface area (Å²) in [5, 5.41) is 13.1. The van der Waals surface area contributed by atoms with Crippen molar-refractivity contribution in [2.24, 2.45) is 0 Å². The van der Waals surface area contributed by atoms with Crippen LogP contribution >= 0.6 is 0 Å². The number of fused-ring (bicyclic) bond motifs is 1. The molecule has 4 heteroatoms. The number of aryl methyl sites for hydroxylation is 1. The van der Waals surface area contributed by atoms with Crippen LogP contribution in [-0.2, 0) is 17.8 Å². The molecule has 1 aliphatic rings. The van der Waals surface area contributed by atoms with Crippen molar-refractivity contribution < 1.29 is 9.90 Å². The fourth-order valence-corrected chi connectivity index (χ4v) is 2.47. The van der Waals surface area contributed by atoms with Crippen LogP contribution in [0.5, 0.6) is 0 Å². The van der Waals surface area contributed by atoms with E-state index >= 15 is 0 Å². The Bertz CT molecular complexity index is 396. The van der Waals surface area contributed by atoms with Crippen molar-refractivity contribution in [1.29, 1.82) is 0 Å². The molecule has 1 heterocycles. The van der Waals surface area contributed by atoms with E-state index in [9.17, 15) is 4.79 Å². The van der Waals surface area contributed by atoms with E-state index in [0.29, 0.717) is 5.92 Å². The van der Waals surface area contributed by atoms with E-state index < -0.39 is 5.97 Å². The molecule has 1 unspecified atom stereocenters. The second-order valence-corrected chi connectivity index (χ2v) is 4.29. The number of carbonyl (C=O) groups is 1. The van der Waals surface area contributed by atoms with Crippen LogP contribution in [0.1, 0.15) is 42.6 Å². The molecule has 0 radical (unpaired) electrons. The van der Waals surface area contributed by atoms with Gasteiger partial charge < -0.3 is 5.11 Å². The van der Waals surface area contributed by atoms with Gasteiger partial charge in [-0.25, -0.2) is 0 Å². The van der Waals surface area contributed by atoms with Gasteiger partial charge in [-0.05, 0) is 37.7 Å². The third kappa shape index (κ3) is 1.76. The molecule has 82 valence electrons. The lowest BCUT2D eigenvalue weighted by atomic mass is 9.88. The summed E-state index contributed by atoms with van der Waals surface area (Å²) in [4.78, 5) is 10.7. The predicted octanol–water partition coefficient (Wildman–Crippen LogP) is 1.72. The Kier molecular flexibility index (Phi) is 2.50. The monoisotopic (exact) mass is 208 g/mol. The molecular formula is C11H16N2O2. The van der Waals surface area contributed by atoms with Crippen molar-refractivity contribution in [1.82, 2.24) is 9.78 Å². The van der Waals surface area contributed by atoms with E-state index in [1.54, 1.807) is 4.68 Å². The molecule has 1 aromatic rings. The first-order valence-corrected chi connectivity index (χ1v) is 5.37. The molecule has 1 N–H and O–H groups in total. The van der Waals surface area contributed by atoms with Gasteiger partial charge in [-0.2, -0.15) is 5.10 Å².